The molecule has 2 aliphatic heterocycles. The number of carbonyl (C=O) groups excluding carboxylic acids is 1. The smallest absolute Gasteiger partial charge is 0.225 e. The number of fused-ring (bicyclic) bond motifs is 3. The molecular weight excluding hydrogens is 328 g/mol. The normalized spacial score (nSPS) is 16.7. The van der Waals surface area contributed by atoms with E-state index in [1.807, 2.05) is 11.1 Å². The first-order valence-corrected chi connectivity index (χ1v) is 9.77. The lowest BCUT2D eigenvalue weighted by Gasteiger charge is -2.32. The van der Waals surface area contributed by atoms with Gasteiger partial charge in [0.25, 0.3) is 0 Å². The fraction of sp³-hybridized carbons (Fsp3) is 0.600. The second-order valence-electron chi connectivity index (χ2n) is 7.31. The fourth-order valence-electron chi connectivity index (χ4n) is 3.87. The van der Waals surface area contributed by atoms with Crippen molar-refractivity contribution in [3.63, 3.8) is 0 Å². The Labute approximate surface area is 154 Å². The summed E-state index contributed by atoms with van der Waals surface area (Å²) in [6.45, 7) is 9.98. The Kier molecular flexibility index (Phi) is 4.85. The van der Waals surface area contributed by atoms with Gasteiger partial charge in [-0.15, -0.1) is 0 Å². The van der Waals surface area contributed by atoms with E-state index in [4.69, 9.17) is 9.72 Å². The number of ether oxygens (including phenoxy) is 1. The van der Waals surface area contributed by atoms with Gasteiger partial charge in [-0.1, -0.05) is 6.92 Å². The van der Waals surface area contributed by atoms with Crippen molar-refractivity contribution in [3.8, 4) is 0 Å². The highest BCUT2D eigenvalue weighted by atomic mass is 16.5. The maximum Gasteiger partial charge on any atom is 0.225 e. The molecule has 0 N–H and O–H groups in total. The van der Waals surface area contributed by atoms with Gasteiger partial charge >= 0.3 is 0 Å². The number of aromatic nitrogens is 2. The summed E-state index contributed by atoms with van der Waals surface area (Å²) in [4.78, 5) is 21.6. The van der Waals surface area contributed by atoms with Gasteiger partial charge < -0.3 is 19.1 Å². The van der Waals surface area contributed by atoms with Crippen molar-refractivity contribution in [2.75, 3.05) is 37.7 Å². The molecule has 0 aliphatic carbocycles. The molecule has 2 aromatic heterocycles. The third-order valence-corrected chi connectivity index (χ3v) is 5.59. The quantitative estimate of drug-likeness (QED) is 0.747. The summed E-state index contributed by atoms with van der Waals surface area (Å²) >= 11 is 0. The van der Waals surface area contributed by atoms with Crippen molar-refractivity contribution >= 4 is 22.6 Å². The number of anilines is 1. The first kappa shape index (κ1) is 17.3. The van der Waals surface area contributed by atoms with Gasteiger partial charge in [-0.2, -0.15) is 0 Å². The Morgan fingerprint density at radius 1 is 1.23 bits per heavy atom. The monoisotopic (exact) mass is 356 g/mol. The van der Waals surface area contributed by atoms with Crippen LogP contribution in [0.1, 0.15) is 37.4 Å². The van der Waals surface area contributed by atoms with E-state index in [0.29, 0.717) is 19.6 Å². The van der Waals surface area contributed by atoms with Crippen LogP contribution in [-0.2, 0) is 22.6 Å². The molecule has 4 rings (SSSR count). The van der Waals surface area contributed by atoms with Crippen molar-refractivity contribution in [3.05, 3.63) is 23.5 Å². The number of pyridine rings is 1. The topological polar surface area (TPSA) is 50.6 Å². The number of hydrogen-bond donors (Lipinski definition) is 0. The van der Waals surface area contributed by atoms with Gasteiger partial charge in [0, 0.05) is 43.9 Å². The molecule has 1 saturated heterocycles. The van der Waals surface area contributed by atoms with Crippen LogP contribution in [0, 0.1) is 6.92 Å². The molecule has 0 bridgehead atoms. The van der Waals surface area contributed by atoms with Crippen LogP contribution in [-0.4, -0.2) is 53.2 Å². The average molecular weight is 356 g/mol. The second kappa shape index (κ2) is 7.27. The Hall–Kier alpha value is -2.08. The van der Waals surface area contributed by atoms with Gasteiger partial charge in [-0.05, 0) is 31.4 Å². The average Bonchev–Trinajstić information content (AvgIpc) is 2.89. The molecule has 1 amide bonds. The summed E-state index contributed by atoms with van der Waals surface area (Å²) in [6.07, 6.45) is 4.72. The highest BCUT2D eigenvalue weighted by Crippen LogP contribution is 2.31. The van der Waals surface area contributed by atoms with Gasteiger partial charge in [-0.25, -0.2) is 4.98 Å². The number of rotatable bonds is 6. The van der Waals surface area contributed by atoms with Crippen LogP contribution in [0.25, 0.3) is 11.0 Å². The van der Waals surface area contributed by atoms with Gasteiger partial charge in [0.2, 0.25) is 5.91 Å². The number of hydrogen-bond acceptors (Lipinski definition) is 4. The van der Waals surface area contributed by atoms with Crippen molar-refractivity contribution in [2.45, 2.75) is 46.2 Å². The van der Waals surface area contributed by atoms with Crippen molar-refractivity contribution in [1.82, 2.24) is 14.5 Å². The molecule has 6 nitrogen and oxygen atoms in total. The minimum Gasteiger partial charge on any atom is -0.381 e. The minimum absolute atomic E-state index is 0.186. The molecule has 0 radical (unpaired) electrons. The van der Waals surface area contributed by atoms with Crippen molar-refractivity contribution in [1.29, 1.82) is 0 Å². The summed E-state index contributed by atoms with van der Waals surface area (Å²) in [5.74, 6) is 0.186. The first-order chi connectivity index (χ1) is 12.7. The predicted octanol–water partition coefficient (Wildman–Crippen LogP) is 2.71. The van der Waals surface area contributed by atoms with Gasteiger partial charge in [0.1, 0.15) is 5.65 Å². The van der Waals surface area contributed by atoms with Gasteiger partial charge in [0.15, 0.2) is 0 Å². The van der Waals surface area contributed by atoms with Gasteiger partial charge in [0.05, 0.1) is 31.5 Å². The van der Waals surface area contributed by atoms with Crippen LogP contribution < -0.4 is 4.90 Å². The summed E-state index contributed by atoms with van der Waals surface area (Å²) < 4.78 is 7.76. The third-order valence-electron chi connectivity index (χ3n) is 5.59. The van der Waals surface area contributed by atoms with E-state index in [1.54, 1.807) is 0 Å². The Bertz CT molecular complexity index is 810. The molecule has 2 aliphatic rings. The summed E-state index contributed by atoms with van der Waals surface area (Å²) in [7, 11) is 0. The molecule has 0 saturated carbocycles. The number of amides is 1. The molecular formula is C20H28N4O2. The summed E-state index contributed by atoms with van der Waals surface area (Å²) in [5, 5.41) is 1.23. The van der Waals surface area contributed by atoms with E-state index in [1.165, 1.54) is 28.8 Å². The molecule has 0 atom stereocenters. The standard InChI is InChI=1S/C20H28N4O2/c1-3-10-26-11-5-19(25)23-8-9-24-18(14-23)15(2)17-12-16(13-21-20(17)24)22-6-4-7-22/h12-13H,3-11,14H2,1-2H3. The van der Waals surface area contributed by atoms with Crippen LogP contribution in [0.2, 0.25) is 0 Å². The van der Waals surface area contributed by atoms with E-state index in [-0.39, 0.29) is 5.91 Å². The predicted molar refractivity (Wildman–Crippen MR) is 102 cm³/mol. The number of carbonyl (C=O) groups is 1. The van der Waals surface area contributed by atoms with Crippen molar-refractivity contribution < 1.29 is 9.53 Å². The SMILES string of the molecule is CCCOCCC(=O)N1CCn2c(c(C)c3cc(N4CCC4)cnc32)C1. The Balaban J connectivity index is 1.52. The summed E-state index contributed by atoms with van der Waals surface area (Å²) in [6, 6.07) is 2.27. The molecule has 4 heterocycles. The van der Waals surface area contributed by atoms with E-state index >= 15 is 0 Å². The van der Waals surface area contributed by atoms with E-state index < -0.39 is 0 Å². The largest absolute Gasteiger partial charge is 0.381 e. The first-order valence-electron chi connectivity index (χ1n) is 9.77. The lowest BCUT2D eigenvalue weighted by Crippen LogP contribution is -2.38. The van der Waals surface area contributed by atoms with E-state index in [2.05, 4.69) is 29.4 Å². The highest BCUT2D eigenvalue weighted by molar-refractivity contribution is 5.86. The second-order valence-corrected chi connectivity index (χ2v) is 7.31. The fourth-order valence-corrected chi connectivity index (χ4v) is 3.87. The Morgan fingerprint density at radius 2 is 2.08 bits per heavy atom. The van der Waals surface area contributed by atoms with Crippen LogP contribution in [0.4, 0.5) is 5.69 Å². The van der Waals surface area contributed by atoms with Crippen LogP contribution in [0.3, 0.4) is 0 Å². The molecule has 1 fully saturated rings. The Morgan fingerprint density at radius 3 is 2.81 bits per heavy atom. The molecule has 0 aromatic carbocycles. The number of aryl methyl sites for hydroxylation is 1. The van der Waals surface area contributed by atoms with E-state index in [9.17, 15) is 4.79 Å². The third kappa shape index (κ3) is 3.07. The summed E-state index contributed by atoms with van der Waals surface area (Å²) in [5.41, 5.74) is 4.76. The maximum absolute atomic E-state index is 12.5. The molecule has 2 aromatic rings. The van der Waals surface area contributed by atoms with Crippen molar-refractivity contribution in [2.24, 2.45) is 0 Å². The zero-order valence-electron chi connectivity index (χ0n) is 15.8. The van der Waals surface area contributed by atoms with Gasteiger partial charge in [-0.3, -0.25) is 4.79 Å². The molecule has 140 valence electrons. The van der Waals surface area contributed by atoms with Crippen LogP contribution >= 0.6 is 0 Å². The lowest BCUT2D eigenvalue weighted by atomic mass is 10.1. The zero-order valence-corrected chi connectivity index (χ0v) is 15.8. The molecule has 0 unspecified atom stereocenters. The number of nitrogens with zero attached hydrogens (tertiary/aromatic N) is 4. The highest BCUT2D eigenvalue weighted by Gasteiger charge is 2.26. The van der Waals surface area contributed by atoms with Crippen LogP contribution in [0.5, 0.6) is 0 Å². The molecule has 26 heavy (non-hydrogen) atoms. The minimum atomic E-state index is 0.186. The lowest BCUT2D eigenvalue weighted by molar-refractivity contribution is -0.133. The van der Waals surface area contributed by atoms with Crippen LogP contribution in [0.15, 0.2) is 12.3 Å². The molecule has 0 spiro atoms. The maximum atomic E-state index is 12.5. The zero-order chi connectivity index (χ0) is 18.1. The van der Waals surface area contributed by atoms with E-state index in [0.717, 1.165) is 44.9 Å². The molecule has 6 heteroatoms.